The van der Waals surface area contributed by atoms with Crippen LogP contribution in [0.4, 0.5) is 0 Å². The van der Waals surface area contributed by atoms with Crippen molar-refractivity contribution in [3.63, 3.8) is 0 Å². The van der Waals surface area contributed by atoms with Crippen molar-refractivity contribution < 1.29 is 24.8 Å². The van der Waals surface area contributed by atoms with Gasteiger partial charge < -0.3 is 24.8 Å². The molecule has 120 valence electrons. The topological polar surface area (TPSA) is 82.5 Å². The molecule has 0 aromatic carbocycles. The van der Waals surface area contributed by atoms with Crippen LogP contribution in [0.25, 0.3) is 0 Å². The molecule has 0 aliphatic carbocycles. The van der Waals surface area contributed by atoms with Crippen molar-refractivity contribution >= 4 is 8.07 Å². The molecule has 3 N–H and O–H groups in total. The predicted octanol–water partition coefficient (Wildman–Crippen LogP) is 0.786. The number of hydrogen-bond donors (Lipinski definition) is 3. The molecule has 0 radical (unpaired) electrons. The minimum Gasteiger partial charge on any atom is -0.399 e. The zero-order valence-electron chi connectivity index (χ0n) is 12.4. The number of hydrogen-bond acceptors (Lipinski definition) is 5. The Morgan fingerprint density at radius 3 is 2.00 bits per heavy atom. The van der Waals surface area contributed by atoms with E-state index in [2.05, 4.69) is 0 Å². The van der Waals surface area contributed by atoms with Gasteiger partial charge in [0.1, 0.15) is 14.2 Å². The molecule has 20 heavy (non-hydrogen) atoms. The molecule has 1 aliphatic rings. The summed E-state index contributed by atoms with van der Waals surface area (Å²) < 4.78 is 10.5. The smallest absolute Gasteiger partial charge is 0.139 e. The second-order valence-corrected chi connectivity index (χ2v) is 10.3. The van der Waals surface area contributed by atoms with E-state index in [9.17, 15) is 15.3 Å². The van der Waals surface area contributed by atoms with Gasteiger partial charge in [-0.05, 0) is 6.42 Å². The van der Waals surface area contributed by atoms with E-state index in [0.717, 1.165) is 45.1 Å². The van der Waals surface area contributed by atoms with Gasteiger partial charge in [0.15, 0.2) is 0 Å². The Hall–Kier alpha value is 0.0169. The van der Waals surface area contributed by atoms with E-state index in [0.29, 0.717) is 6.10 Å². The first-order valence-electron chi connectivity index (χ1n) is 7.78. The van der Waals surface area contributed by atoms with Crippen LogP contribution in [0.15, 0.2) is 0 Å². The van der Waals surface area contributed by atoms with Crippen LogP contribution in [0.5, 0.6) is 0 Å². The summed E-state index contributed by atoms with van der Waals surface area (Å²) in [7, 11) is -2.17. The van der Waals surface area contributed by atoms with Crippen LogP contribution >= 0.6 is 0 Å². The Morgan fingerprint density at radius 1 is 0.900 bits per heavy atom. The first kappa shape index (κ1) is 18.1. The first-order chi connectivity index (χ1) is 9.76. The third-order valence-corrected chi connectivity index (χ3v) is 7.38. The molecule has 0 bridgehead atoms. The first-order valence-corrected chi connectivity index (χ1v) is 10.6. The fourth-order valence-electron chi connectivity index (χ4n) is 2.18. The number of aliphatic hydroxyl groups excluding tert-OH is 3. The summed E-state index contributed by atoms with van der Waals surface area (Å²) in [6, 6.07) is 0.820. The fourth-order valence-corrected chi connectivity index (χ4v) is 3.95. The maximum absolute atomic E-state index is 9.26. The minimum absolute atomic E-state index is 0.0119. The molecule has 1 heterocycles. The second kappa shape index (κ2) is 10.7. The predicted molar refractivity (Wildman–Crippen MR) is 80.1 cm³/mol. The summed E-state index contributed by atoms with van der Waals surface area (Å²) in [5, 5.41) is 27.8. The quantitative estimate of drug-likeness (QED) is 0.251. The van der Waals surface area contributed by atoms with E-state index in [1.54, 1.807) is 0 Å². The molecule has 5 nitrogen and oxygen atoms in total. The molecular weight excluding hydrogens is 276 g/mol. The minimum atomic E-state index is -2.17. The van der Waals surface area contributed by atoms with E-state index >= 15 is 0 Å². The Labute approximate surface area is 122 Å². The van der Waals surface area contributed by atoms with Crippen LogP contribution < -0.4 is 0 Å². The van der Waals surface area contributed by atoms with Crippen molar-refractivity contribution in [3.8, 4) is 0 Å². The van der Waals surface area contributed by atoms with Crippen LogP contribution in [0.2, 0.25) is 6.04 Å². The summed E-state index contributed by atoms with van der Waals surface area (Å²) in [5.74, 6) is 0. The number of rotatable bonds is 14. The van der Waals surface area contributed by atoms with Crippen molar-refractivity contribution in [2.45, 2.75) is 50.7 Å². The highest BCUT2D eigenvalue weighted by Crippen LogP contribution is 2.15. The van der Waals surface area contributed by atoms with Crippen molar-refractivity contribution in [1.29, 1.82) is 0 Å². The maximum Gasteiger partial charge on any atom is 0.139 e. The Kier molecular flexibility index (Phi) is 9.67. The van der Waals surface area contributed by atoms with Gasteiger partial charge in [-0.3, -0.25) is 0 Å². The van der Waals surface area contributed by atoms with Crippen LogP contribution in [0.1, 0.15) is 38.5 Å². The van der Waals surface area contributed by atoms with Gasteiger partial charge in [-0.1, -0.05) is 38.1 Å². The monoisotopic (exact) mass is 306 g/mol. The van der Waals surface area contributed by atoms with Gasteiger partial charge in [-0.2, -0.15) is 0 Å². The Morgan fingerprint density at radius 2 is 1.45 bits per heavy atom. The Balaban J connectivity index is 1.83. The molecule has 1 unspecified atom stereocenters. The molecule has 0 spiro atoms. The molecule has 1 atom stereocenters. The number of unbranched alkanes of at least 4 members (excludes halogenated alkanes) is 5. The van der Waals surface area contributed by atoms with E-state index in [1.807, 2.05) is 0 Å². The van der Waals surface area contributed by atoms with E-state index in [4.69, 9.17) is 9.47 Å². The van der Waals surface area contributed by atoms with Crippen molar-refractivity contribution in [1.82, 2.24) is 0 Å². The lowest BCUT2D eigenvalue weighted by molar-refractivity contribution is 0.113. The lowest BCUT2D eigenvalue weighted by Gasteiger charge is -2.24. The van der Waals surface area contributed by atoms with Gasteiger partial charge in [-0.15, -0.1) is 0 Å². The van der Waals surface area contributed by atoms with Crippen molar-refractivity contribution in [2.24, 2.45) is 0 Å². The zero-order chi connectivity index (χ0) is 14.7. The molecule has 1 fully saturated rings. The summed E-state index contributed by atoms with van der Waals surface area (Å²) in [4.78, 5) is 0. The number of ether oxygens (including phenoxy) is 2. The summed E-state index contributed by atoms with van der Waals surface area (Å²) in [6.07, 6.45) is 7.13. The average Bonchev–Trinajstić information content (AvgIpc) is 3.30. The highest BCUT2D eigenvalue weighted by molar-refractivity contribution is 6.79. The maximum atomic E-state index is 9.26. The van der Waals surface area contributed by atoms with Gasteiger partial charge in [-0.25, -0.2) is 0 Å². The second-order valence-electron chi connectivity index (χ2n) is 5.88. The van der Waals surface area contributed by atoms with Crippen molar-refractivity contribution in [2.75, 3.05) is 38.5 Å². The summed E-state index contributed by atoms with van der Waals surface area (Å²) >= 11 is 0. The van der Waals surface area contributed by atoms with Crippen LogP contribution in [-0.2, 0) is 9.47 Å². The van der Waals surface area contributed by atoms with E-state index in [1.165, 1.54) is 19.3 Å². The molecule has 6 heteroatoms. The van der Waals surface area contributed by atoms with E-state index in [-0.39, 0.29) is 18.7 Å². The van der Waals surface area contributed by atoms with Gasteiger partial charge in [0.25, 0.3) is 0 Å². The van der Waals surface area contributed by atoms with Gasteiger partial charge in [0.05, 0.1) is 13.2 Å². The summed E-state index contributed by atoms with van der Waals surface area (Å²) in [5.41, 5.74) is 0. The molecule has 1 saturated heterocycles. The number of epoxide rings is 1. The highest BCUT2D eigenvalue weighted by Gasteiger charge is 2.30. The van der Waals surface area contributed by atoms with Gasteiger partial charge in [0, 0.05) is 25.3 Å². The standard InChI is InChI=1S/C14H30O5Si/c15-11-20(12-16,13-17)8-6-4-2-1-3-5-7-18-9-14-10-19-14/h14-17H,1-13H2. The molecule has 0 aromatic heterocycles. The highest BCUT2D eigenvalue weighted by atomic mass is 28.3. The van der Waals surface area contributed by atoms with E-state index < -0.39 is 8.07 Å². The zero-order valence-corrected chi connectivity index (χ0v) is 13.4. The molecule has 0 amide bonds. The Bertz CT molecular complexity index is 223. The van der Waals surface area contributed by atoms with Crippen LogP contribution in [-0.4, -0.2) is 68.0 Å². The third-order valence-electron chi connectivity index (χ3n) is 3.96. The van der Waals surface area contributed by atoms with Gasteiger partial charge >= 0.3 is 0 Å². The average molecular weight is 306 g/mol. The van der Waals surface area contributed by atoms with Gasteiger partial charge in [0.2, 0.25) is 0 Å². The van der Waals surface area contributed by atoms with Crippen molar-refractivity contribution in [3.05, 3.63) is 0 Å². The molecule has 1 rings (SSSR count). The van der Waals surface area contributed by atoms with Crippen LogP contribution in [0.3, 0.4) is 0 Å². The molecular formula is C14H30O5Si. The molecule has 0 aromatic rings. The lowest BCUT2D eigenvalue weighted by atomic mass is 10.1. The summed E-state index contributed by atoms with van der Waals surface area (Å²) in [6.45, 7) is 2.44. The SMILES string of the molecule is OC[Si](CO)(CO)CCCCCCCCOCC1CO1. The fraction of sp³-hybridized carbons (Fsp3) is 1.00. The number of aliphatic hydroxyl groups is 3. The largest absolute Gasteiger partial charge is 0.399 e. The molecule has 0 saturated carbocycles. The lowest BCUT2D eigenvalue weighted by Crippen LogP contribution is -2.48. The third kappa shape index (κ3) is 7.71. The normalized spacial score (nSPS) is 18.4. The molecule has 1 aliphatic heterocycles. The van der Waals surface area contributed by atoms with Crippen LogP contribution in [0, 0.1) is 0 Å².